The van der Waals surface area contributed by atoms with Gasteiger partial charge >= 0.3 is 0 Å². The van der Waals surface area contributed by atoms with Gasteiger partial charge in [0.25, 0.3) is 0 Å². The molecule has 1 aromatic heterocycles. The molecule has 0 saturated carbocycles. The van der Waals surface area contributed by atoms with E-state index in [2.05, 4.69) is 13.8 Å². The largest absolute Gasteiger partial charge is 0.351 e. The minimum atomic E-state index is 0.439. The van der Waals surface area contributed by atoms with Crippen molar-refractivity contribution in [2.24, 2.45) is 0 Å². The minimum Gasteiger partial charge on any atom is -0.351 e. The summed E-state index contributed by atoms with van der Waals surface area (Å²) >= 11 is 0. The van der Waals surface area contributed by atoms with E-state index in [9.17, 15) is 4.79 Å². The van der Waals surface area contributed by atoms with Gasteiger partial charge in [0.1, 0.15) is 0 Å². The van der Waals surface area contributed by atoms with Crippen LogP contribution < -0.4 is 0 Å². The van der Waals surface area contributed by atoms with Gasteiger partial charge in [0, 0.05) is 24.0 Å². The van der Waals surface area contributed by atoms with Gasteiger partial charge in [-0.05, 0) is 19.9 Å². The Labute approximate surface area is 60.5 Å². The number of carbonyl (C=O) groups is 1. The number of hydrogen-bond donors (Lipinski definition) is 0. The SMILES string of the molecule is CC(C)n1ccc(C=O)c1. The molecule has 0 amide bonds. The lowest BCUT2D eigenvalue weighted by atomic mass is 10.4. The number of hydrogen-bond acceptors (Lipinski definition) is 1. The van der Waals surface area contributed by atoms with E-state index in [1.54, 1.807) is 0 Å². The summed E-state index contributed by atoms with van der Waals surface area (Å²) < 4.78 is 2.00. The first-order valence-corrected chi connectivity index (χ1v) is 3.36. The molecule has 0 unspecified atom stereocenters. The van der Waals surface area contributed by atoms with Crippen LogP contribution in [0.15, 0.2) is 18.5 Å². The summed E-state index contributed by atoms with van der Waals surface area (Å²) in [5, 5.41) is 0. The highest BCUT2D eigenvalue weighted by atomic mass is 16.1. The molecular formula is C8H11NO. The van der Waals surface area contributed by atoms with Crippen LogP contribution in [0, 0.1) is 0 Å². The summed E-state index contributed by atoms with van der Waals surface area (Å²) in [6.07, 6.45) is 4.62. The van der Waals surface area contributed by atoms with Crippen LogP contribution >= 0.6 is 0 Å². The van der Waals surface area contributed by atoms with Crippen molar-refractivity contribution in [3.63, 3.8) is 0 Å². The van der Waals surface area contributed by atoms with Crippen molar-refractivity contribution >= 4 is 6.29 Å². The molecule has 0 aliphatic carbocycles. The third kappa shape index (κ3) is 1.26. The Bertz CT molecular complexity index is 225. The molecule has 2 heteroatoms. The Balaban J connectivity index is 2.88. The summed E-state index contributed by atoms with van der Waals surface area (Å²) in [6, 6.07) is 2.25. The van der Waals surface area contributed by atoms with Crippen molar-refractivity contribution in [1.29, 1.82) is 0 Å². The Kier molecular flexibility index (Phi) is 1.90. The van der Waals surface area contributed by atoms with Gasteiger partial charge in [-0.3, -0.25) is 4.79 Å². The monoisotopic (exact) mass is 137 g/mol. The quantitative estimate of drug-likeness (QED) is 0.570. The number of aromatic nitrogens is 1. The lowest BCUT2D eigenvalue weighted by molar-refractivity contribution is 0.112. The van der Waals surface area contributed by atoms with Crippen molar-refractivity contribution in [2.75, 3.05) is 0 Å². The van der Waals surface area contributed by atoms with E-state index < -0.39 is 0 Å². The molecule has 0 saturated heterocycles. The molecule has 0 atom stereocenters. The van der Waals surface area contributed by atoms with Crippen LogP contribution in [0.2, 0.25) is 0 Å². The van der Waals surface area contributed by atoms with Crippen LogP contribution in [0.5, 0.6) is 0 Å². The number of nitrogens with zero attached hydrogens (tertiary/aromatic N) is 1. The van der Waals surface area contributed by atoms with Gasteiger partial charge in [0.15, 0.2) is 6.29 Å². The van der Waals surface area contributed by atoms with E-state index in [-0.39, 0.29) is 0 Å². The average Bonchev–Trinajstić information content (AvgIpc) is 2.34. The second kappa shape index (κ2) is 2.69. The van der Waals surface area contributed by atoms with Crippen molar-refractivity contribution in [3.8, 4) is 0 Å². The van der Waals surface area contributed by atoms with E-state index in [1.807, 2.05) is 23.0 Å². The number of rotatable bonds is 2. The van der Waals surface area contributed by atoms with E-state index in [4.69, 9.17) is 0 Å². The summed E-state index contributed by atoms with van der Waals surface area (Å²) in [4.78, 5) is 10.2. The molecule has 10 heavy (non-hydrogen) atoms. The highest BCUT2D eigenvalue weighted by molar-refractivity contribution is 5.74. The first kappa shape index (κ1) is 7.06. The summed E-state index contributed by atoms with van der Waals surface area (Å²) in [5.74, 6) is 0. The maximum absolute atomic E-state index is 10.2. The normalized spacial score (nSPS) is 10.3. The highest BCUT2D eigenvalue weighted by Gasteiger charge is 1.96. The van der Waals surface area contributed by atoms with Crippen LogP contribution in [-0.2, 0) is 0 Å². The Morgan fingerprint density at radius 2 is 2.30 bits per heavy atom. The van der Waals surface area contributed by atoms with Gasteiger partial charge in [-0.1, -0.05) is 0 Å². The van der Waals surface area contributed by atoms with Crippen molar-refractivity contribution in [2.45, 2.75) is 19.9 Å². The number of carbonyl (C=O) groups excluding carboxylic acids is 1. The molecule has 0 aliphatic rings. The predicted octanol–water partition coefficient (Wildman–Crippen LogP) is 1.88. The fourth-order valence-electron chi connectivity index (χ4n) is 0.821. The third-order valence-corrected chi connectivity index (χ3v) is 1.47. The fraction of sp³-hybridized carbons (Fsp3) is 0.375. The second-order valence-corrected chi connectivity index (χ2v) is 2.60. The molecule has 1 aromatic rings. The lowest BCUT2D eigenvalue weighted by Crippen LogP contribution is -1.95. The molecule has 0 radical (unpaired) electrons. The third-order valence-electron chi connectivity index (χ3n) is 1.47. The zero-order valence-electron chi connectivity index (χ0n) is 6.24. The molecule has 0 spiro atoms. The van der Waals surface area contributed by atoms with Crippen molar-refractivity contribution in [1.82, 2.24) is 4.57 Å². The molecule has 0 N–H and O–H groups in total. The first-order chi connectivity index (χ1) is 4.74. The molecular weight excluding hydrogens is 126 g/mol. The predicted molar refractivity (Wildman–Crippen MR) is 40.2 cm³/mol. The first-order valence-electron chi connectivity index (χ1n) is 3.36. The van der Waals surface area contributed by atoms with Gasteiger partial charge < -0.3 is 4.57 Å². The summed E-state index contributed by atoms with van der Waals surface area (Å²) in [7, 11) is 0. The summed E-state index contributed by atoms with van der Waals surface area (Å²) in [6.45, 7) is 4.16. The van der Waals surface area contributed by atoms with E-state index in [1.165, 1.54) is 0 Å². The zero-order chi connectivity index (χ0) is 7.56. The van der Waals surface area contributed by atoms with Crippen LogP contribution in [0.4, 0.5) is 0 Å². The van der Waals surface area contributed by atoms with Gasteiger partial charge in [0.2, 0.25) is 0 Å². The summed E-state index contributed by atoms with van der Waals surface area (Å²) in [5.41, 5.74) is 0.744. The van der Waals surface area contributed by atoms with Gasteiger partial charge in [-0.15, -0.1) is 0 Å². The minimum absolute atomic E-state index is 0.439. The molecule has 0 fully saturated rings. The van der Waals surface area contributed by atoms with Crippen LogP contribution in [0.25, 0.3) is 0 Å². The standard InChI is InChI=1S/C8H11NO/c1-7(2)9-4-3-8(5-9)6-10/h3-7H,1-2H3. The Hall–Kier alpha value is -1.05. The molecule has 54 valence electrons. The van der Waals surface area contributed by atoms with Gasteiger partial charge in [0.05, 0.1) is 0 Å². The maximum Gasteiger partial charge on any atom is 0.151 e. The molecule has 0 aliphatic heterocycles. The maximum atomic E-state index is 10.2. The lowest BCUT2D eigenvalue weighted by Gasteiger charge is -2.04. The van der Waals surface area contributed by atoms with Crippen LogP contribution in [0.3, 0.4) is 0 Å². The highest BCUT2D eigenvalue weighted by Crippen LogP contribution is 2.05. The van der Waals surface area contributed by atoms with E-state index in [0.29, 0.717) is 6.04 Å². The second-order valence-electron chi connectivity index (χ2n) is 2.60. The number of aldehydes is 1. The van der Waals surface area contributed by atoms with Gasteiger partial charge in [-0.25, -0.2) is 0 Å². The van der Waals surface area contributed by atoms with Crippen LogP contribution in [-0.4, -0.2) is 10.9 Å². The smallest absolute Gasteiger partial charge is 0.151 e. The molecule has 1 heterocycles. The molecule has 2 nitrogen and oxygen atoms in total. The molecule has 1 rings (SSSR count). The van der Waals surface area contributed by atoms with Crippen LogP contribution in [0.1, 0.15) is 30.2 Å². The fourth-order valence-corrected chi connectivity index (χ4v) is 0.821. The van der Waals surface area contributed by atoms with Crippen molar-refractivity contribution in [3.05, 3.63) is 24.0 Å². The van der Waals surface area contributed by atoms with Crippen molar-refractivity contribution < 1.29 is 4.79 Å². The Morgan fingerprint density at radius 1 is 1.60 bits per heavy atom. The van der Waals surface area contributed by atoms with Gasteiger partial charge in [-0.2, -0.15) is 0 Å². The average molecular weight is 137 g/mol. The molecule has 0 aromatic carbocycles. The van der Waals surface area contributed by atoms with E-state index in [0.717, 1.165) is 11.8 Å². The van der Waals surface area contributed by atoms with E-state index >= 15 is 0 Å². The Morgan fingerprint density at radius 3 is 2.60 bits per heavy atom. The topological polar surface area (TPSA) is 22.0 Å². The molecule has 0 bridgehead atoms. The zero-order valence-corrected chi connectivity index (χ0v) is 6.24.